The number of nitrogens with one attached hydrogen (secondary N) is 2. The molecule has 0 unspecified atom stereocenters. The van der Waals surface area contributed by atoms with E-state index in [0.717, 1.165) is 39.1 Å². The van der Waals surface area contributed by atoms with Gasteiger partial charge in [-0.05, 0) is 37.8 Å². The van der Waals surface area contributed by atoms with E-state index in [2.05, 4.69) is 51.5 Å². The Hall–Kier alpha value is 0.0569. The van der Waals surface area contributed by atoms with Crippen LogP contribution in [0.25, 0.3) is 0 Å². The Labute approximate surface area is 121 Å². The third kappa shape index (κ3) is 9.57. The highest BCUT2D eigenvalue weighted by Gasteiger charge is 2.39. The van der Waals surface area contributed by atoms with Crippen molar-refractivity contribution in [3.05, 3.63) is 0 Å². The van der Waals surface area contributed by atoms with E-state index in [1.54, 1.807) is 0 Å². The van der Waals surface area contributed by atoms with Gasteiger partial charge in [-0.1, -0.05) is 41.5 Å². The normalized spacial score (nSPS) is 12.6. The number of rotatable bonds is 12. The molecule has 0 aliphatic rings. The van der Waals surface area contributed by atoms with E-state index in [-0.39, 0.29) is 0 Å². The van der Waals surface area contributed by atoms with Crippen LogP contribution in [-0.4, -0.2) is 35.2 Å². The smallest absolute Gasteiger partial charge is 0.370 e. The summed E-state index contributed by atoms with van der Waals surface area (Å²) in [6, 6.07) is 0. The van der Waals surface area contributed by atoms with Gasteiger partial charge >= 0.3 is 8.88 Å². The third-order valence-corrected chi connectivity index (χ3v) is 5.03. The van der Waals surface area contributed by atoms with Gasteiger partial charge in [-0.2, -0.15) is 0 Å². The average Bonchev–Trinajstić information content (AvgIpc) is 2.37. The largest absolute Gasteiger partial charge is 0.516 e. The molecule has 0 saturated heterocycles. The lowest BCUT2D eigenvalue weighted by atomic mass is 10.2. The molecule has 0 atom stereocenters. The minimum atomic E-state index is -2.46. The van der Waals surface area contributed by atoms with E-state index in [1.165, 1.54) is 0 Å². The molecule has 0 aliphatic heterocycles. The van der Waals surface area contributed by atoms with Crippen LogP contribution in [0.4, 0.5) is 0 Å². The van der Waals surface area contributed by atoms with Crippen LogP contribution < -0.4 is 9.96 Å². The maximum absolute atomic E-state index is 6.14. The van der Waals surface area contributed by atoms with Crippen molar-refractivity contribution < 1.29 is 8.85 Å². The van der Waals surface area contributed by atoms with Crippen molar-refractivity contribution in [2.45, 2.75) is 54.4 Å². The highest BCUT2D eigenvalue weighted by atomic mass is 28.4. The van der Waals surface area contributed by atoms with E-state index < -0.39 is 8.88 Å². The Kier molecular flexibility index (Phi) is 10.8. The molecule has 0 amide bonds. The summed E-state index contributed by atoms with van der Waals surface area (Å²) in [6.07, 6.45) is 2.16. The summed E-state index contributed by atoms with van der Waals surface area (Å²) in [4.78, 5) is 7.02. The summed E-state index contributed by atoms with van der Waals surface area (Å²) >= 11 is 0. The van der Waals surface area contributed by atoms with Gasteiger partial charge in [0.25, 0.3) is 0 Å². The molecule has 0 aromatic carbocycles. The van der Waals surface area contributed by atoms with Crippen LogP contribution in [0.5, 0.6) is 0 Å². The SMILES string of the molecule is CCCN[Si](NCCC)(OCC(C)C)OCC(C)C. The van der Waals surface area contributed by atoms with Crippen LogP contribution in [0.1, 0.15) is 54.4 Å². The van der Waals surface area contributed by atoms with Crippen LogP contribution >= 0.6 is 0 Å². The Bertz CT molecular complexity index is 192. The Morgan fingerprint density at radius 3 is 1.42 bits per heavy atom. The van der Waals surface area contributed by atoms with Crippen molar-refractivity contribution in [1.29, 1.82) is 0 Å². The van der Waals surface area contributed by atoms with Crippen LogP contribution in [0, 0.1) is 11.8 Å². The van der Waals surface area contributed by atoms with Gasteiger partial charge in [0.05, 0.1) is 0 Å². The quantitative estimate of drug-likeness (QED) is 0.542. The predicted molar refractivity (Wildman–Crippen MR) is 83.9 cm³/mol. The van der Waals surface area contributed by atoms with E-state index >= 15 is 0 Å². The third-order valence-electron chi connectivity index (χ3n) is 2.46. The van der Waals surface area contributed by atoms with Crippen molar-refractivity contribution in [2.75, 3.05) is 26.3 Å². The zero-order valence-electron chi connectivity index (χ0n) is 13.7. The van der Waals surface area contributed by atoms with Gasteiger partial charge in [0, 0.05) is 13.2 Å². The Morgan fingerprint density at radius 1 is 0.789 bits per heavy atom. The van der Waals surface area contributed by atoms with Gasteiger partial charge in [0.15, 0.2) is 0 Å². The lowest BCUT2D eigenvalue weighted by Crippen LogP contribution is -2.68. The van der Waals surface area contributed by atoms with Crippen molar-refractivity contribution in [3.63, 3.8) is 0 Å². The summed E-state index contributed by atoms with van der Waals surface area (Å²) < 4.78 is 12.3. The number of hydrogen-bond donors (Lipinski definition) is 2. The van der Waals surface area contributed by atoms with E-state index in [1.807, 2.05) is 0 Å². The van der Waals surface area contributed by atoms with Gasteiger partial charge in [-0.3, -0.25) is 9.96 Å². The molecule has 116 valence electrons. The zero-order valence-corrected chi connectivity index (χ0v) is 14.7. The summed E-state index contributed by atoms with van der Waals surface area (Å²) in [5.41, 5.74) is 0. The molecule has 0 spiro atoms. The minimum absolute atomic E-state index is 0.515. The summed E-state index contributed by atoms with van der Waals surface area (Å²) in [5, 5.41) is 0. The first-order valence-corrected chi connectivity index (χ1v) is 9.55. The first kappa shape index (κ1) is 19.1. The second-order valence-corrected chi connectivity index (χ2v) is 8.40. The monoisotopic (exact) mass is 290 g/mol. The first-order chi connectivity index (χ1) is 8.95. The van der Waals surface area contributed by atoms with Gasteiger partial charge in [-0.25, -0.2) is 0 Å². The van der Waals surface area contributed by atoms with Crippen molar-refractivity contribution in [3.8, 4) is 0 Å². The van der Waals surface area contributed by atoms with E-state index in [4.69, 9.17) is 8.85 Å². The van der Waals surface area contributed by atoms with Crippen molar-refractivity contribution in [1.82, 2.24) is 9.96 Å². The molecule has 0 bridgehead atoms. The topological polar surface area (TPSA) is 42.5 Å². The van der Waals surface area contributed by atoms with Gasteiger partial charge < -0.3 is 8.85 Å². The molecule has 0 heterocycles. The molecular weight excluding hydrogens is 256 g/mol. The Balaban J connectivity index is 4.62. The molecule has 0 fully saturated rings. The zero-order chi connectivity index (χ0) is 14.7. The molecule has 0 aromatic rings. The molecule has 19 heavy (non-hydrogen) atoms. The van der Waals surface area contributed by atoms with Crippen molar-refractivity contribution >= 4 is 8.88 Å². The summed E-state index contributed by atoms with van der Waals surface area (Å²) in [7, 11) is -2.46. The van der Waals surface area contributed by atoms with Crippen LogP contribution in [0.2, 0.25) is 0 Å². The maximum atomic E-state index is 6.14. The number of hydrogen-bond acceptors (Lipinski definition) is 4. The second kappa shape index (κ2) is 10.8. The van der Waals surface area contributed by atoms with E-state index in [9.17, 15) is 0 Å². The highest BCUT2D eigenvalue weighted by molar-refractivity contribution is 6.62. The first-order valence-electron chi connectivity index (χ1n) is 7.73. The maximum Gasteiger partial charge on any atom is 0.516 e. The highest BCUT2D eigenvalue weighted by Crippen LogP contribution is 2.07. The molecule has 0 aromatic heterocycles. The fourth-order valence-corrected chi connectivity index (χ4v) is 4.37. The molecule has 0 radical (unpaired) electrons. The van der Waals surface area contributed by atoms with Crippen LogP contribution in [0.3, 0.4) is 0 Å². The molecular formula is C14H34N2O2Si. The van der Waals surface area contributed by atoms with Crippen LogP contribution in [-0.2, 0) is 8.85 Å². The summed E-state index contributed by atoms with van der Waals surface area (Å²) in [6.45, 7) is 16.3. The molecule has 0 rings (SSSR count). The molecule has 4 nitrogen and oxygen atoms in total. The predicted octanol–water partition coefficient (Wildman–Crippen LogP) is 2.77. The molecule has 5 heteroatoms. The minimum Gasteiger partial charge on any atom is -0.370 e. The molecule has 0 saturated carbocycles. The molecule has 2 N–H and O–H groups in total. The Morgan fingerprint density at radius 2 is 1.16 bits per heavy atom. The van der Waals surface area contributed by atoms with Crippen molar-refractivity contribution in [2.24, 2.45) is 11.8 Å². The van der Waals surface area contributed by atoms with Crippen LogP contribution in [0.15, 0.2) is 0 Å². The average molecular weight is 291 g/mol. The van der Waals surface area contributed by atoms with Gasteiger partial charge in [0.1, 0.15) is 0 Å². The van der Waals surface area contributed by atoms with Gasteiger partial charge in [0.2, 0.25) is 0 Å². The standard InChI is InChI=1S/C14H34N2O2Si/c1-7-9-15-19(16-10-8-2,17-11-13(3)4)18-12-14(5)6/h13-16H,7-12H2,1-6H3. The van der Waals surface area contributed by atoms with Gasteiger partial charge in [-0.15, -0.1) is 0 Å². The molecule has 0 aliphatic carbocycles. The fourth-order valence-electron chi connectivity index (χ4n) is 1.46. The van der Waals surface area contributed by atoms with E-state index in [0.29, 0.717) is 11.8 Å². The fraction of sp³-hybridized carbons (Fsp3) is 1.00. The lowest BCUT2D eigenvalue weighted by molar-refractivity contribution is 0.118. The second-order valence-electron chi connectivity index (χ2n) is 5.88. The lowest BCUT2D eigenvalue weighted by Gasteiger charge is -2.32. The summed E-state index contributed by atoms with van der Waals surface area (Å²) in [5.74, 6) is 1.03.